The summed E-state index contributed by atoms with van der Waals surface area (Å²) in [5, 5.41) is 5.12. The highest BCUT2D eigenvalue weighted by Crippen LogP contribution is 2.31. The second-order valence-corrected chi connectivity index (χ2v) is 9.50. The van der Waals surface area contributed by atoms with E-state index in [9.17, 15) is 33.6 Å². The van der Waals surface area contributed by atoms with Crippen molar-refractivity contribution < 1.29 is 33.6 Å². The first-order chi connectivity index (χ1) is 16.9. The van der Waals surface area contributed by atoms with Crippen LogP contribution in [-0.2, 0) is 9.59 Å². The molecule has 0 aliphatic heterocycles. The molecule has 0 fully saturated rings. The van der Waals surface area contributed by atoms with Crippen molar-refractivity contribution in [2.24, 2.45) is 11.8 Å². The molecule has 36 heavy (non-hydrogen) atoms. The van der Waals surface area contributed by atoms with Gasteiger partial charge in [-0.05, 0) is 52.0 Å². The van der Waals surface area contributed by atoms with E-state index in [1.54, 1.807) is 27.7 Å². The number of carbonyl (C=O) groups excluding carboxylic acids is 7. The summed E-state index contributed by atoms with van der Waals surface area (Å²) in [4.78, 5) is 88.9. The molecule has 0 saturated carbocycles. The zero-order chi connectivity index (χ0) is 26.5. The summed E-state index contributed by atoms with van der Waals surface area (Å²) < 4.78 is 0. The Hall–Kier alpha value is -4.27. The van der Waals surface area contributed by atoms with Gasteiger partial charge in [0.1, 0.15) is 0 Å². The number of Topliss-reactive ketones (excluding diaryl/α,β-unsaturated/α-hetero) is 4. The van der Waals surface area contributed by atoms with Gasteiger partial charge in [-0.2, -0.15) is 0 Å². The molecule has 0 radical (unpaired) electrons. The molecule has 0 aromatic heterocycles. The molecule has 0 saturated heterocycles. The SMILES string of the molecule is CC(C)NC(=O)C1C(=O)c2ccc(C(=O)c3ccc4c(c3)C(=O)C(C(=O)NC(C)C)C4=O)cc2C1=O. The van der Waals surface area contributed by atoms with Crippen LogP contribution < -0.4 is 10.6 Å². The van der Waals surface area contributed by atoms with E-state index in [2.05, 4.69) is 10.6 Å². The summed E-state index contributed by atoms with van der Waals surface area (Å²) in [6.07, 6.45) is 0. The maximum atomic E-state index is 13.2. The summed E-state index contributed by atoms with van der Waals surface area (Å²) in [6, 6.07) is 7.41. The molecule has 2 atom stereocenters. The van der Waals surface area contributed by atoms with Gasteiger partial charge in [-0.25, -0.2) is 0 Å². The number of carbonyl (C=O) groups is 7. The summed E-state index contributed by atoms with van der Waals surface area (Å²) in [5.41, 5.74) is 0.236. The highest BCUT2D eigenvalue weighted by molar-refractivity contribution is 6.36. The number of hydrogen-bond acceptors (Lipinski definition) is 7. The van der Waals surface area contributed by atoms with Crippen LogP contribution in [0.3, 0.4) is 0 Å². The topological polar surface area (TPSA) is 144 Å². The number of amides is 2. The minimum atomic E-state index is -1.50. The van der Waals surface area contributed by atoms with Gasteiger partial charge in [-0.1, -0.05) is 12.1 Å². The Morgan fingerprint density at radius 1 is 0.583 bits per heavy atom. The number of rotatable bonds is 6. The van der Waals surface area contributed by atoms with Crippen molar-refractivity contribution in [2.75, 3.05) is 0 Å². The van der Waals surface area contributed by atoms with Gasteiger partial charge in [0, 0.05) is 45.5 Å². The van der Waals surface area contributed by atoms with E-state index in [4.69, 9.17) is 0 Å². The molecule has 9 heteroatoms. The monoisotopic (exact) mass is 488 g/mol. The first-order valence-corrected chi connectivity index (χ1v) is 11.5. The first kappa shape index (κ1) is 24.8. The molecular formula is C27H24N2O7. The fraction of sp³-hybridized carbons (Fsp3) is 0.296. The van der Waals surface area contributed by atoms with Crippen LogP contribution in [0.4, 0.5) is 0 Å². The van der Waals surface area contributed by atoms with Crippen molar-refractivity contribution in [3.63, 3.8) is 0 Å². The summed E-state index contributed by atoms with van der Waals surface area (Å²) in [6.45, 7) is 6.83. The van der Waals surface area contributed by atoms with Crippen LogP contribution in [0, 0.1) is 11.8 Å². The molecule has 2 aliphatic rings. The fourth-order valence-corrected chi connectivity index (χ4v) is 4.45. The molecule has 2 aromatic carbocycles. The van der Waals surface area contributed by atoms with E-state index in [1.807, 2.05) is 0 Å². The van der Waals surface area contributed by atoms with Crippen LogP contribution >= 0.6 is 0 Å². The Morgan fingerprint density at radius 2 is 0.917 bits per heavy atom. The van der Waals surface area contributed by atoms with Gasteiger partial charge in [0.25, 0.3) is 0 Å². The minimum absolute atomic E-state index is 0.0207. The van der Waals surface area contributed by atoms with Crippen molar-refractivity contribution in [2.45, 2.75) is 39.8 Å². The lowest BCUT2D eigenvalue weighted by molar-refractivity contribution is -0.123. The van der Waals surface area contributed by atoms with Gasteiger partial charge in [0.2, 0.25) is 11.8 Å². The molecule has 2 aromatic rings. The molecule has 184 valence electrons. The third-order valence-corrected chi connectivity index (χ3v) is 6.06. The van der Waals surface area contributed by atoms with Crippen LogP contribution in [0.2, 0.25) is 0 Å². The lowest BCUT2D eigenvalue weighted by atomic mass is 9.96. The third kappa shape index (κ3) is 4.06. The average Bonchev–Trinajstić information content (AvgIpc) is 3.21. The van der Waals surface area contributed by atoms with E-state index in [0.29, 0.717) is 0 Å². The number of hydrogen-bond donors (Lipinski definition) is 2. The maximum absolute atomic E-state index is 13.2. The van der Waals surface area contributed by atoms with Crippen molar-refractivity contribution in [3.8, 4) is 0 Å². The number of ketones is 5. The third-order valence-electron chi connectivity index (χ3n) is 6.06. The van der Waals surface area contributed by atoms with Crippen LogP contribution in [0.15, 0.2) is 36.4 Å². The molecule has 2 amide bonds. The Labute approximate surface area is 206 Å². The fourth-order valence-electron chi connectivity index (χ4n) is 4.45. The van der Waals surface area contributed by atoms with Crippen molar-refractivity contribution >= 4 is 40.7 Å². The van der Waals surface area contributed by atoms with Crippen LogP contribution in [0.5, 0.6) is 0 Å². The van der Waals surface area contributed by atoms with Gasteiger partial charge >= 0.3 is 0 Å². The first-order valence-electron chi connectivity index (χ1n) is 11.5. The zero-order valence-electron chi connectivity index (χ0n) is 20.1. The van der Waals surface area contributed by atoms with Crippen molar-refractivity contribution in [3.05, 3.63) is 69.8 Å². The molecule has 0 bridgehead atoms. The molecule has 2 N–H and O–H groups in total. The Morgan fingerprint density at radius 3 is 1.25 bits per heavy atom. The van der Waals surface area contributed by atoms with Gasteiger partial charge in [0.15, 0.2) is 40.8 Å². The quantitative estimate of drug-likeness (QED) is 0.467. The molecule has 2 aliphatic carbocycles. The predicted octanol–water partition coefficient (Wildman–Crippen LogP) is 1.96. The average molecular weight is 488 g/mol. The second kappa shape index (κ2) is 9.07. The van der Waals surface area contributed by atoms with Crippen LogP contribution in [0.25, 0.3) is 0 Å². The predicted molar refractivity (Wildman–Crippen MR) is 127 cm³/mol. The van der Waals surface area contributed by atoms with E-state index >= 15 is 0 Å². The standard InChI is InChI=1S/C27H24N2O7/c1-11(2)28-26(35)19-22(31)15-7-5-13(9-17(15)24(19)33)21(30)14-6-8-16-18(10-14)25(34)20(23(16)32)27(36)29-12(3)4/h5-12,19-20H,1-4H3,(H,28,35)(H,29,36). The molecule has 2 unspecified atom stereocenters. The van der Waals surface area contributed by atoms with Crippen LogP contribution in [-0.4, -0.2) is 52.8 Å². The normalized spacial score (nSPS) is 18.5. The summed E-state index contributed by atoms with van der Waals surface area (Å²) >= 11 is 0. The smallest absolute Gasteiger partial charge is 0.239 e. The van der Waals surface area contributed by atoms with E-state index in [-0.39, 0.29) is 45.5 Å². The van der Waals surface area contributed by atoms with Crippen molar-refractivity contribution in [1.29, 1.82) is 0 Å². The Balaban J connectivity index is 1.63. The van der Waals surface area contributed by atoms with Gasteiger partial charge in [-0.15, -0.1) is 0 Å². The molecule has 0 heterocycles. The molecule has 0 spiro atoms. The summed E-state index contributed by atoms with van der Waals surface area (Å²) in [5.74, 6) is -7.54. The lowest BCUT2D eigenvalue weighted by Gasteiger charge is -2.11. The maximum Gasteiger partial charge on any atom is 0.239 e. The largest absolute Gasteiger partial charge is 0.353 e. The molecule has 4 rings (SSSR count). The van der Waals surface area contributed by atoms with Gasteiger partial charge in [-0.3, -0.25) is 33.6 Å². The van der Waals surface area contributed by atoms with Crippen LogP contribution in [0.1, 0.15) is 85.0 Å². The van der Waals surface area contributed by atoms with Crippen molar-refractivity contribution in [1.82, 2.24) is 10.6 Å². The second-order valence-electron chi connectivity index (χ2n) is 9.50. The molecule has 9 nitrogen and oxygen atoms in total. The Kier molecular flexibility index (Phi) is 6.26. The van der Waals surface area contributed by atoms with E-state index in [0.717, 1.165) is 0 Å². The zero-order valence-corrected chi connectivity index (χ0v) is 20.1. The molecular weight excluding hydrogens is 464 g/mol. The highest BCUT2D eigenvalue weighted by Gasteiger charge is 2.45. The number of benzene rings is 2. The van der Waals surface area contributed by atoms with Gasteiger partial charge in [0.05, 0.1) is 0 Å². The highest BCUT2D eigenvalue weighted by atomic mass is 16.2. The van der Waals surface area contributed by atoms with E-state index in [1.165, 1.54) is 36.4 Å². The number of fused-ring (bicyclic) bond motifs is 2. The lowest BCUT2D eigenvalue weighted by Crippen LogP contribution is -2.40. The summed E-state index contributed by atoms with van der Waals surface area (Å²) in [7, 11) is 0. The van der Waals surface area contributed by atoms with Gasteiger partial charge < -0.3 is 10.6 Å². The Bertz CT molecular complexity index is 1280. The number of nitrogens with one attached hydrogen (secondary N) is 2. The van der Waals surface area contributed by atoms with E-state index < -0.39 is 52.6 Å². The minimum Gasteiger partial charge on any atom is -0.353 e.